The zero-order chi connectivity index (χ0) is 12.3. The lowest BCUT2D eigenvalue weighted by molar-refractivity contribution is 0.327. The molecule has 1 aromatic heterocycles. The lowest BCUT2D eigenvalue weighted by Crippen LogP contribution is -2.21. The summed E-state index contributed by atoms with van der Waals surface area (Å²) >= 11 is 0. The highest BCUT2D eigenvalue weighted by Gasteiger charge is 2.21. The zero-order valence-corrected chi connectivity index (χ0v) is 10.3. The van der Waals surface area contributed by atoms with Crippen LogP contribution in [0.5, 0.6) is 5.88 Å². The van der Waals surface area contributed by atoms with Gasteiger partial charge in [0.1, 0.15) is 5.82 Å². The predicted molar refractivity (Wildman–Crippen MR) is 65.7 cm³/mol. The highest BCUT2D eigenvalue weighted by Crippen LogP contribution is 2.16. The number of aromatic nitrogens is 1. The molecule has 0 amide bonds. The number of hydrogen-bond donors (Lipinski definition) is 1. The van der Waals surface area contributed by atoms with Crippen molar-refractivity contribution in [3.8, 4) is 5.88 Å². The minimum atomic E-state index is -3.04. The third kappa shape index (κ3) is 3.20. The highest BCUT2D eigenvalue weighted by atomic mass is 32.2. The Kier molecular flexibility index (Phi) is 3.33. The van der Waals surface area contributed by atoms with Gasteiger partial charge in [0.05, 0.1) is 18.4 Å². The number of pyridine rings is 1. The van der Waals surface area contributed by atoms with Crippen LogP contribution in [0, 0.1) is 0 Å². The van der Waals surface area contributed by atoms with Crippen LogP contribution in [0.15, 0.2) is 29.7 Å². The average molecular weight is 254 g/mol. The monoisotopic (exact) mass is 254 g/mol. The molecule has 1 aliphatic rings. The molecule has 0 radical (unpaired) electrons. The summed E-state index contributed by atoms with van der Waals surface area (Å²) < 4.78 is 27.7. The number of ether oxygens (including phenoxy) is 1. The van der Waals surface area contributed by atoms with Crippen molar-refractivity contribution in [3.63, 3.8) is 0 Å². The van der Waals surface area contributed by atoms with Crippen molar-refractivity contribution in [2.45, 2.75) is 13.0 Å². The summed E-state index contributed by atoms with van der Waals surface area (Å²) in [5.74, 6) is 1.22. The summed E-state index contributed by atoms with van der Waals surface area (Å²) in [6.07, 6.45) is 1.63. The maximum Gasteiger partial charge on any atom is 0.215 e. The van der Waals surface area contributed by atoms with E-state index in [1.54, 1.807) is 18.2 Å². The van der Waals surface area contributed by atoms with Gasteiger partial charge < -0.3 is 10.1 Å². The van der Waals surface area contributed by atoms with Gasteiger partial charge in [0.25, 0.3) is 0 Å². The fourth-order valence-corrected chi connectivity index (χ4v) is 2.81. The molecule has 92 valence electrons. The van der Waals surface area contributed by atoms with Gasteiger partial charge >= 0.3 is 0 Å². The average Bonchev–Trinajstić information content (AvgIpc) is 2.59. The highest BCUT2D eigenvalue weighted by molar-refractivity contribution is 7.94. The summed E-state index contributed by atoms with van der Waals surface area (Å²) in [4.78, 5) is 4.21. The molecule has 0 saturated heterocycles. The number of rotatable bonds is 4. The fourth-order valence-electron chi connectivity index (χ4n) is 1.58. The Morgan fingerprint density at radius 2 is 2.35 bits per heavy atom. The molecule has 1 aromatic rings. The first kappa shape index (κ1) is 11.9. The van der Waals surface area contributed by atoms with Crippen LogP contribution in [0.2, 0.25) is 0 Å². The topological polar surface area (TPSA) is 68.3 Å². The Bertz CT molecular complexity index is 525. The molecule has 0 aliphatic carbocycles. The molecule has 0 bridgehead atoms. The second kappa shape index (κ2) is 4.75. The van der Waals surface area contributed by atoms with Crippen molar-refractivity contribution in [2.24, 2.45) is 0 Å². The zero-order valence-electron chi connectivity index (χ0n) is 9.46. The predicted octanol–water partition coefficient (Wildman–Crippen LogP) is 1.20. The Hall–Kier alpha value is -1.56. The van der Waals surface area contributed by atoms with E-state index in [1.807, 2.05) is 13.0 Å². The van der Waals surface area contributed by atoms with Crippen LogP contribution in [-0.4, -0.2) is 31.8 Å². The van der Waals surface area contributed by atoms with Gasteiger partial charge in [-0.3, -0.25) is 0 Å². The molecule has 1 unspecified atom stereocenters. The minimum absolute atomic E-state index is 0.0769. The molecule has 1 N–H and O–H groups in total. The molecule has 1 aliphatic heterocycles. The van der Waals surface area contributed by atoms with E-state index in [0.29, 0.717) is 18.3 Å². The SMILES string of the molecule is CCOc1cccc(NC2C=CS(=O)(=O)C2)n1. The Labute approximate surface area is 100 Å². The number of nitrogens with one attached hydrogen (secondary N) is 1. The van der Waals surface area contributed by atoms with E-state index >= 15 is 0 Å². The van der Waals surface area contributed by atoms with Gasteiger partial charge in [-0.1, -0.05) is 6.07 Å². The van der Waals surface area contributed by atoms with Crippen LogP contribution in [0.3, 0.4) is 0 Å². The molecular formula is C11H14N2O3S. The number of nitrogens with zero attached hydrogens (tertiary/aromatic N) is 1. The van der Waals surface area contributed by atoms with Crippen LogP contribution in [0.1, 0.15) is 6.92 Å². The second-order valence-corrected chi connectivity index (χ2v) is 5.63. The molecule has 0 aromatic carbocycles. The smallest absolute Gasteiger partial charge is 0.215 e. The van der Waals surface area contributed by atoms with Crippen molar-refractivity contribution in [2.75, 3.05) is 17.7 Å². The Morgan fingerprint density at radius 3 is 3.00 bits per heavy atom. The number of anilines is 1. The Balaban J connectivity index is 2.05. The summed E-state index contributed by atoms with van der Waals surface area (Å²) in [6, 6.07) is 5.13. The third-order valence-corrected chi connectivity index (χ3v) is 3.67. The van der Waals surface area contributed by atoms with Gasteiger partial charge in [-0.05, 0) is 19.1 Å². The van der Waals surface area contributed by atoms with Gasteiger partial charge in [-0.25, -0.2) is 8.42 Å². The molecule has 5 nitrogen and oxygen atoms in total. The lowest BCUT2D eigenvalue weighted by Gasteiger charge is -2.11. The second-order valence-electron chi connectivity index (χ2n) is 3.70. The van der Waals surface area contributed by atoms with E-state index in [2.05, 4.69) is 10.3 Å². The summed E-state index contributed by atoms with van der Waals surface area (Å²) in [6.45, 7) is 2.43. The van der Waals surface area contributed by atoms with Gasteiger partial charge in [0.2, 0.25) is 5.88 Å². The van der Waals surface area contributed by atoms with Crippen LogP contribution >= 0.6 is 0 Å². The molecule has 17 heavy (non-hydrogen) atoms. The molecule has 0 fully saturated rings. The molecule has 2 heterocycles. The molecule has 6 heteroatoms. The quantitative estimate of drug-likeness (QED) is 0.874. The van der Waals surface area contributed by atoms with Gasteiger partial charge in [0, 0.05) is 11.5 Å². The maximum atomic E-state index is 11.2. The molecule has 1 atom stereocenters. The van der Waals surface area contributed by atoms with E-state index in [0.717, 1.165) is 0 Å². The molecular weight excluding hydrogens is 240 g/mol. The van der Waals surface area contributed by atoms with E-state index in [-0.39, 0.29) is 11.8 Å². The lowest BCUT2D eigenvalue weighted by atomic mass is 10.3. The van der Waals surface area contributed by atoms with Gasteiger partial charge in [0.15, 0.2) is 9.84 Å². The molecule has 0 saturated carbocycles. The third-order valence-electron chi connectivity index (χ3n) is 2.28. The largest absolute Gasteiger partial charge is 0.478 e. The molecule has 2 rings (SSSR count). The van der Waals surface area contributed by atoms with E-state index in [9.17, 15) is 8.42 Å². The van der Waals surface area contributed by atoms with Crippen LogP contribution in [0.4, 0.5) is 5.82 Å². The standard InChI is InChI=1S/C11H14N2O3S/c1-2-16-11-5-3-4-10(13-11)12-9-6-7-17(14,15)8-9/h3-7,9H,2,8H2,1H3,(H,12,13). The normalized spacial score (nSPS) is 21.4. The van der Waals surface area contributed by atoms with Crippen molar-refractivity contribution < 1.29 is 13.2 Å². The van der Waals surface area contributed by atoms with Gasteiger partial charge in [-0.2, -0.15) is 4.98 Å². The van der Waals surface area contributed by atoms with Crippen molar-refractivity contribution in [1.82, 2.24) is 4.98 Å². The van der Waals surface area contributed by atoms with Crippen molar-refractivity contribution in [1.29, 1.82) is 0 Å². The van der Waals surface area contributed by atoms with Crippen LogP contribution < -0.4 is 10.1 Å². The number of sulfone groups is 1. The van der Waals surface area contributed by atoms with Crippen molar-refractivity contribution >= 4 is 15.7 Å². The first-order valence-electron chi connectivity index (χ1n) is 5.36. The maximum absolute atomic E-state index is 11.2. The number of hydrogen-bond acceptors (Lipinski definition) is 5. The first-order chi connectivity index (χ1) is 8.09. The Morgan fingerprint density at radius 1 is 1.53 bits per heavy atom. The summed E-state index contributed by atoms with van der Waals surface area (Å²) in [7, 11) is -3.04. The molecule has 0 spiro atoms. The van der Waals surface area contributed by atoms with E-state index in [1.165, 1.54) is 5.41 Å². The van der Waals surface area contributed by atoms with E-state index < -0.39 is 9.84 Å². The summed E-state index contributed by atoms with van der Waals surface area (Å²) in [5, 5.41) is 4.27. The fraction of sp³-hybridized carbons (Fsp3) is 0.364. The summed E-state index contributed by atoms with van der Waals surface area (Å²) in [5.41, 5.74) is 0. The van der Waals surface area contributed by atoms with Crippen LogP contribution in [-0.2, 0) is 9.84 Å². The first-order valence-corrected chi connectivity index (χ1v) is 7.08. The minimum Gasteiger partial charge on any atom is -0.478 e. The van der Waals surface area contributed by atoms with Gasteiger partial charge in [-0.15, -0.1) is 0 Å². The van der Waals surface area contributed by atoms with E-state index in [4.69, 9.17) is 4.74 Å². The van der Waals surface area contributed by atoms with Crippen LogP contribution in [0.25, 0.3) is 0 Å². The van der Waals surface area contributed by atoms with Crippen molar-refractivity contribution in [3.05, 3.63) is 29.7 Å².